The Labute approximate surface area is 226 Å². The fourth-order valence-corrected chi connectivity index (χ4v) is 7.33. The van der Waals surface area contributed by atoms with E-state index in [4.69, 9.17) is 4.74 Å². The summed E-state index contributed by atoms with van der Waals surface area (Å²) in [5, 5.41) is 2.03. The highest BCUT2D eigenvalue weighted by atomic mass is 32.1. The van der Waals surface area contributed by atoms with Crippen LogP contribution in [0.25, 0.3) is 6.08 Å². The highest BCUT2D eigenvalue weighted by Crippen LogP contribution is 2.40. The lowest BCUT2D eigenvalue weighted by Crippen LogP contribution is -2.65. The van der Waals surface area contributed by atoms with Crippen LogP contribution >= 0.6 is 11.3 Å². The second-order valence-corrected chi connectivity index (χ2v) is 12.2. The van der Waals surface area contributed by atoms with E-state index in [-0.39, 0.29) is 12.1 Å². The van der Waals surface area contributed by atoms with Crippen molar-refractivity contribution in [3.63, 3.8) is 0 Å². The van der Waals surface area contributed by atoms with E-state index in [2.05, 4.69) is 16.0 Å². The number of pyridine rings is 1. The van der Waals surface area contributed by atoms with Gasteiger partial charge >= 0.3 is 12.1 Å². The van der Waals surface area contributed by atoms with E-state index in [9.17, 15) is 18.0 Å². The molecule has 2 aromatic rings. The van der Waals surface area contributed by atoms with Gasteiger partial charge in [-0.2, -0.15) is 13.2 Å². The number of nitrogens with zero attached hydrogens (tertiary/aromatic N) is 3. The van der Waals surface area contributed by atoms with Crippen LogP contribution in [0.2, 0.25) is 0 Å². The quantitative estimate of drug-likeness (QED) is 0.295. The van der Waals surface area contributed by atoms with Gasteiger partial charge in [0.2, 0.25) is 0 Å². The van der Waals surface area contributed by atoms with Gasteiger partial charge < -0.3 is 9.22 Å². The Bertz CT molecular complexity index is 1110. The minimum absolute atomic E-state index is 0.0744. The molecule has 0 N–H and O–H groups in total. The molecule has 0 aromatic carbocycles. The first-order chi connectivity index (χ1) is 18.2. The zero-order valence-corrected chi connectivity index (χ0v) is 22.8. The predicted molar refractivity (Wildman–Crippen MR) is 142 cm³/mol. The van der Waals surface area contributed by atoms with E-state index in [0.29, 0.717) is 11.6 Å². The van der Waals surface area contributed by atoms with Gasteiger partial charge in [0.25, 0.3) is 0 Å². The number of rotatable bonds is 8. The summed E-state index contributed by atoms with van der Waals surface area (Å²) in [4.78, 5) is 21.2. The largest absolute Gasteiger partial charge is 0.454 e. The average molecular weight is 549 g/mol. The Kier molecular flexibility index (Phi) is 7.99. The Morgan fingerprint density at radius 2 is 1.95 bits per heavy atom. The number of piperidine rings is 4. The maximum atomic E-state index is 13.9. The number of quaternary nitrogens is 1. The van der Waals surface area contributed by atoms with Gasteiger partial charge in [0, 0.05) is 36.3 Å². The van der Waals surface area contributed by atoms with Crippen LogP contribution in [0.4, 0.5) is 13.2 Å². The molecule has 1 unspecified atom stereocenters. The minimum Gasteiger partial charge on any atom is -0.454 e. The van der Waals surface area contributed by atoms with Gasteiger partial charge in [0.15, 0.2) is 11.6 Å². The van der Waals surface area contributed by atoms with E-state index in [0.717, 1.165) is 93.0 Å². The van der Waals surface area contributed by atoms with Crippen LogP contribution in [0.5, 0.6) is 0 Å². The molecule has 4 fully saturated rings. The summed E-state index contributed by atoms with van der Waals surface area (Å²) in [5.74, 6) is 0.298. The highest BCUT2D eigenvalue weighted by Gasteiger charge is 2.50. The van der Waals surface area contributed by atoms with E-state index in [1.165, 1.54) is 12.5 Å². The maximum absolute atomic E-state index is 13.9. The molecule has 4 aliphatic rings. The van der Waals surface area contributed by atoms with Crippen molar-refractivity contribution >= 4 is 23.4 Å². The van der Waals surface area contributed by atoms with Crippen LogP contribution in [0.3, 0.4) is 0 Å². The first-order valence-electron chi connectivity index (χ1n) is 13.7. The number of carbonyl (C=O) groups is 1. The number of thiophene rings is 1. The second kappa shape index (κ2) is 11.1. The molecular weight excluding hydrogens is 511 g/mol. The lowest BCUT2D eigenvalue weighted by Gasteiger charge is -2.52. The molecule has 4 saturated heterocycles. The molecule has 38 heavy (non-hydrogen) atoms. The molecule has 9 heteroatoms. The summed E-state index contributed by atoms with van der Waals surface area (Å²) in [5.41, 5.74) is -0.962. The van der Waals surface area contributed by atoms with E-state index < -0.39 is 17.3 Å². The van der Waals surface area contributed by atoms with Crippen LogP contribution in [0, 0.1) is 5.92 Å². The summed E-state index contributed by atoms with van der Waals surface area (Å²) >= 11 is 1.63. The van der Waals surface area contributed by atoms with Gasteiger partial charge in [-0.05, 0) is 62.5 Å². The number of ether oxygens (including phenoxy) is 1. The molecule has 206 valence electrons. The smallest absolute Gasteiger partial charge is 0.417 e. The summed E-state index contributed by atoms with van der Waals surface area (Å²) in [6, 6.07) is 6.54. The molecule has 0 amide bonds. The maximum Gasteiger partial charge on any atom is 0.417 e. The number of likely N-dealkylation sites (tertiary alicyclic amines) is 1. The molecule has 2 bridgehead atoms. The number of hydrogen-bond acceptors (Lipinski definition) is 5. The Morgan fingerprint density at radius 3 is 2.58 bits per heavy atom. The van der Waals surface area contributed by atoms with Crippen LogP contribution in [0.15, 0.2) is 41.9 Å². The number of halogens is 3. The van der Waals surface area contributed by atoms with Gasteiger partial charge in [-0.15, -0.1) is 11.3 Å². The third kappa shape index (κ3) is 5.70. The first kappa shape index (κ1) is 27.3. The van der Waals surface area contributed by atoms with Crippen LogP contribution in [-0.4, -0.2) is 65.7 Å². The highest BCUT2D eigenvalue weighted by molar-refractivity contribution is 7.10. The number of fused-ring (bicyclic) bond motifs is 3. The Balaban J connectivity index is 1.21. The van der Waals surface area contributed by atoms with E-state index >= 15 is 0 Å². The Morgan fingerprint density at radius 1 is 1.18 bits per heavy atom. The molecule has 0 spiro atoms. The number of aromatic nitrogens is 1. The van der Waals surface area contributed by atoms with Crippen LogP contribution < -0.4 is 0 Å². The van der Waals surface area contributed by atoms with Crippen molar-refractivity contribution in [1.29, 1.82) is 0 Å². The zero-order chi connectivity index (χ0) is 26.8. The topological polar surface area (TPSA) is 42.4 Å². The molecule has 5 nitrogen and oxygen atoms in total. The van der Waals surface area contributed by atoms with Gasteiger partial charge in [0.05, 0.1) is 30.9 Å². The van der Waals surface area contributed by atoms with Crippen molar-refractivity contribution in [3.8, 4) is 0 Å². The van der Waals surface area contributed by atoms with Crippen molar-refractivity contribution in [2.75, 3.05) is 39.3 Å². The second-order valence-electron chi connectivity index (χ2n) is 11.2. The molecule has 0 aliphatic carbocycles. The van der Waals surface area contributed by atoms with Gasteiger partial charge in [-0.3, -0.25) is 9.88 Å². The number of esters is 1. The average Bonchev–Trinajstić information content (AvgIpc) is 3.47. The van der Waals surface area contributed by atoms with Crippen LogP contribution in [0.1, 0.15) is 61.6 Å². The molecule has 2 atom stereocenters. The molecule has 0 radical (unpaired) electrons. The van der Waals surface area contributed by atoms with Gasteiger partial charge in [0.1, 0.15) is 6.54 Å². The minimum atomic E-state index is -4.37. The number of alkyl halides is 3. The molecule has 6 rings (SSSR count). The lowest BCUT2D eigenvalue weighted by molar-refractivity contribution is -0.945. The summed E-state index contributed by atoms with van der Waals surface area (Å²) in [6.07, 6.45) is 6.55. The standard InChI is InChI=1S/C29H37F3N3O2S/c1-28(26-9-7-19-38-26,34-14-4-2-5-15-34)27(36)37-25-21-35(17-12-22(25)13-18-35)16-6-3-8-24-11-10-23(20-33-24)29(30,31)32/h3,7-11,19-20,22,25H,2,4-6,12-18,21H2,1H3/q+1/b8-3+/t22?,25-,28?,35?/m0/s1. The first-order valence-corrected chi connectivity index (χ1v) is 14.6. The normalized spacial score (nSPS) is 27.9. The van der Waals surface area contributed by atoms with Gasteiger partial charge in [-0.1, -0.05) is 18.6 Å². The fourth-order valence-electron chi connectivity index (χ4n) is 6.43. The van der Waals surface area contributed by atoms with Gasteiger partial charge in [-0.25, -0.2) is 4.79 Å². The summed E-state index contributed by atoms with van der Waals surface area (Å²) in [7, 11) is 0. The molecular formula is C29H37F3N3O2S+. The number of carbonyl (C=O) groups excluding carboxylic acids is 1. The molecule has 2 aromatic heterocycles. The fraction of sp³-hybridized carbons (Fsp3) is 0.586. The molecule has 0 saturated carbocycles. The molecule has 4 aliphatic heterocycles. The Hall–Kier alpha value is -2.23. The van der Waals surface area contributed by atoms with Crippen LogP contribution in [-0.2, 0) is 21.2 Å². The lowest BCUT2D eigenvalue weighted by atomic mass is 9.82. The summed E-state index contributed by atoms with van der Waals surface area (Å²) < 4.78 is 45.6. The van der Waals surface area contributed by atoms with E-state index in [1.54, 1.807) is 17.4 Å². The van der Waals surface area contributed by atoms with Crippen molar-refractivity contribution in [2.24, 2.45) is 5.92 Å². The van der Waals surface area contributed by atoms with Crippen molar-refractivity contribution in [1.82, 2.24) is 9.88 Å². The zero-order valence-electron chi connectivity index (χ0n) is 22.0. The van der Waals surface area contributed by atoms with Crippen molar-refractivity contribution in [2.45, 2.75) is 63.3 Å². The third-order valence-electron chi connectivity index (χ3n) is 8.86. The number of hydrogen-bond donors (Lipinski definition) is 0. The van der Waals surface area contributed by atoms with Crippen molar-refractivity contribution in [3.05, 3.63) is 58.1 Å². The van der Waals surface area contributed by atoms with Crippen molar-refractivity contribution < 1.29 is 27.2 Å². The molecule has 6 heterocycles. The predicted octanol–water partition coefficient (Wildman–Crippen LogP) is 6.12. The summed E-state index contributed by atoms with van der Waals surface area (Å²) in [6.45, 7) is 7.79. The van der Waals surface area contributed by atoms with E-state index in [1.807, 2.05) is 24.4 Å². The third-order valence-corrected chi connectivity index (χ3v) is 9.94. The SMILES string of the molecule is CC(C(=O)O[C@H]1C[N+]2(CC/C=C/c3ccc(C(F)(F)F)cn3)CCC1CC2)(c1cccs1)N1CCCCC1. The monoisotopic (exact) mass is 548 g/mol.